The summed E-state index contributed by atoms with van der Waals surface area (Å²) in [7, 11) is 1.58. The smallest absolute Gasteiger partial charge is 0.305 e. The molecule has 0 aliphatic carbocycles. The minimum Gasteiger partial charge on any atom is -0.493 e. The monoisotopic (exact) mass is 423 g/mol. The van der Waals surface area contributed by atoms with Crippen molar-refractivity contribution in [1.82, 2.24) is 4.90 Å². The number of carbonyl (C=O) groups excluding carboxylic acids is 2. The molecule has 0 N–H and O–H groups in total. The molecule has 0 unspecified atom stereocenters. The van der Waals surface area contributed by atoms with E-state index in [1.165, 1.54) is 16.7 Å². The summed E-state index contributed by atoms with van der Waals surface area (Å²) in [5.74, 6) is 0.872. The highest BCUT2D eigenvalue weighted by Gasteiger charge is 2.31. The van der Waals surface area contributed by atoms with Gasteiger partial charge in [0.1, 0.15) is 4.32 Å². The lowest BCUT2D eigenvalue weighted by Gasteiger charge is -2.13. The van der Waals surface area contributed by atoms with Crippen LogP contribution >= 0.6 is 24.0 Å². The zero-order chi connectivity index (χ0) is 20.5. The van der Waals surface area contributed by atoms with Crippen LogP contribution in [-0.4, -0.2) is 48.0 Å². The normalized spacial score (nSPS) is 15.2. The molecule has 1 aromatic rings. The van der Waals surface area contributed by atoms with E-state index in [2.05, 4.69) is 0 Å². The Labute approximate surface area is 175 Å². The predicted octanol–water partition coefficient (Wildman–Crippen LogP) is 4.03. The molecule has 0 atom stereocenters. The fourth-order valence-corrected chi connectivity index (χ4v) is 3.87. The molecule has 1 fully saturated rings. The lowest BCUT2D eigenvalue weighted by Crippen LogP contribution is -2.29. The third kappa shape index (κ3) is 5.97. The number of rotatable bonds is 10. The van der Waals surface area contributed by atoms with Gasteiger partial charge >= 0.3 is 5.97 Å². The summed E-state index contributed by atoms with van der Waals surface area (Å²) in [4.78, 5) is 26.3. The number of ether oxygens (including phenoxy) is 3. The lowest BCUT2D eigenvalue weighted by atomic mass is 10.2. The Hall–Kier alpha value is -2.06. The summed E-state index contributed by atoms with van der Waals surface area (Å²) < 4.78 is 16.4. The minimum atomic E-state index is -0.246. The van der Waals surface area contributed by atoms with Gasteiger partial charge in [0.2, 0.25) is 0 Å². The van der Waals surface area contributed by atoms with E-state index < -0.39 is 0 Å². The average Bonchev–Trinajstić information content (AvgIpc) is 2.94. The molecule has 8 heteroatoms. The SMILES string of the molecule is CCCOC(=O)CCCN1C(=O)/C(=C/c2ccc(OC)c(OCC)c2)SC1=S. The number of hydrogen-bond donors (Lipinski definition) is 0. The van der Waals surface area contributed by atoms with Crippen molar-refractivity contribution in [2.75, 3.05) is 26.9 Å². The molecule has 0 spiro atoms. The number of methoxy groups -OCH3 is 1. The van der Waals surface area contributed by atoms with Crippen LogP contribution in [0.1, 0.15) is 38.7 Å². The van der Waals surface area contributed by atoms with Gasteiger partial charge in [-0.05, 0) is 43.5 Å². The average molecular weight is 424 g/mol. The summed E-state index contributed by atoms with van der Waals surface area (Å²) >= 11 is 6.59. The van der Waals surface area contributed by atoms with Crippen molar-refractivity contribution in [2.24, 2.45) is 0 Å². The number of amides is 1. The molecule has 0 bridgehead atoms. The van der Waals surface area contributed by atoms with E-state index in [0.717, 1.165) is 12.0 Å². The number of hydrogen-bond acceptors (Lipinski definition) is 7. The molecule has 152 valence electrons. The Kier molecular flexibility index (Phi) is 8.79. The van der Waals surface area contributed by atoms with E-state index in [9.17, 15) is 9.59 Å². The van der Waals surface area contributed by atoms with E-state index in [1.54, 1.807) is 19.3 Å². The molecule has 6 nitrogen and oxygen atoms in total. The van der Waals surface area contributed by atoms with Crippen molar-refractivity contribution in [3.63, 3.8) is 0 Å². The van der Waals surface area contributed by atoms with Crippen molar-refractivity contribution in [3.05, 3.63) is 28.7 Å². The molecule has 1 amide bonds. The molecule has 0 radical (unpaired) electrons. The second-order valence-corrected chi connectivity index (χ2v) is 7.68. The van der Waals surface area contributed by atoms with Gasteiger partial charge in [0.05, 0.1) is 25.2 Å². The van der Waals surface area contributed by atoms with Gasteiger partial charge in [-0.15, -0.1) is 0 Å². The first-order valence-corrected chi connectivity index (χ1v) is 10.4. The van der Waals surface area contributed by atoms with Gasteiger partial charge in [-0.3, -0.25) is 14.5 Å². The Bertz CT molecular complexity index is 763. The first-order valence-electron chi connectivity index (χ1n) is 9.22. The van der Waals surface area contributed by atoms with Crippen LogP contribution in [-0.2, 0) is 14.3 Å². The van der Waals surface area contributed by atoms with Crippen LogP contribution in [0.2, 0.25) is 0 Å². The molecule has 1 aliphatic heterocycles. The summed E-state index contributed by atoms with van der Waals surface area (Å²) in [6.45, 7) is 5.18. The Morgan fingerprint density at radius 3 is 2.75 bits per heavy atom. The van der Waals surface area contributed by atoms with Crippen LogP contribution in [0.5, 0.6) is 11.5 Å². The van der Waals surface area contributed by atoms with Crippen LogP contribution in [0.3, 0.4) is 0 Å². The molecule has 1 heterocycles. The van der Waals surface area contributed by atoms with E-state index in [4.69, 9.17) is 26.4 Å². The zero-order valence-corrected chi connectivity index (χ0v) is 18.0. The van der Waals surface area contributed by atoms with Crippen molar-refractivity contribution in [3.8, 4) is 11.5 Å². The van der Waals surface area contributed by atoms with E-state index in [1.807, 2.05) is 26.0 Å². The topological polar surface area (TPSA) is 65.1 Å². The second-order valence-electron chi connectivity index (χ2n) is 6.00. The maximum absolute atomic E-state index is 12.7. The van der Waals surface area contributed by atoms with Crippen LogP contribution in [0.15, 0.2) is 23.1 Å². The largest absolute Gasteiger partial charge is 0.493 e. The minimum absolute atomic E-state index is 0.147. The third-order valence-electron chi connectivity index (χ3n) is 3.89. The van der Waals surface area contributed by atoms with Gasteiger partial charge in [-0.2, -0.15) is 0 Å². The first kappa shape index (κ1) is 22.2. The van der Waals surface area contributed by atoms with Gasteiger partial charge in [0.15, 0.2) is 11.5 Å². The van der Waals surface area contributed by atoms with Crippen LogP contribution in [0.25, 0.3) is 6.08 Å². The summed E-state index contributed by atoms with van der Waals surface area (Å²) in [6.07, 6.45) is 3.37. The highest BCUT2D eigenvalue weighted by molar-refractivity contribution is 8.26. The Morgan fingerprint density at radius 1 is 1.29 bits per heavy atom. The fourth-order valence-electron chi connectivity index (χ4n) is 2.57. The Morgan fingerprint density at radius 2 is 2.07 bits per heavy atom. The van der Waals surface area contributed by atoms with Gasteiger partial charge in [-0.1, -0.05) is 37.0 Å². The van der Waals surface area contributed by atoms with E-state index in [-0.39, 0.29) is 18.3 Å². The highest BCUT2D eigenvalue weighted by Crippen LogP contribution is 2.34. The zero-order valence-electron chi connectivity index (χ0n) is 16.4. The summed E-state index contributed by atoms with van der Waals surface area (Å²) in [5.41, 5.74) is 0.827. The van der Waals surface area contributed by atoms with Crippen molar-refractivity contribution in [1.29, 1.82) is 0 Å². The second kappa shape index (κ2) is 11.1. The number of benzene rings is 1. The van der Waals surface area contributed by atoms with E-state index in [0.29, 0.717) is 46.9 Å². The van der Waals surface area contributed by atoms with Crippen molar-refractivity contribution in [2.45, 2.75) is 33.1 Å². The molecule has 1 aliphatic rings. The molecule has 1 saturated heterocycles. The maximum atomic E-state index is 12.7. The van der Waals surface area contributed by atoms with Gasteiger partial charge in [0, 0.05) is 13.0 Å². The summed E-state index contributed by atoms with van der Waals surface area (Å²) in [5, 5.41) is 0. The molecule has 0 aromatic heterocycles. The molecular formula is C20H25NO5S2. The van der Waals surface area contributed by atoms with Gasteiger partial charge in [-0.25, -0.2) is 0 Å². The maximum Gasteiger partial charge on any atom is 0.305 e. The number of nitrogens with zero attached hydrogens (tertiary/aromatic N) is 1. The molecule has 2 rings (SSSR count). The van der Waals surface area contributed by atoms with Gasteiger partial charge < -0.3 is 14.2 Å². The van der Waals surface area contributed by atoms with Gasteiger partial charge in [0.25, 0.3) is 5.91 Å². The standard InChI is InChI=1S/C20H25NO5S2/c1-4-11-26-18(22)7-6-10-21-19(23)17(28-20(21)27)13-14-8-9-15(24-3)16(12-14)25-5-2/h8-9,12-13H,4-7,10-11H2,1-3H3/b17-13-. The third-order valence-corrected chi connectivity index (χ3v) is 5.27. The number of carbonyl (C=O) groups is 2. The molecule has 28 heavy (non-hydrogen) atoms. The number of thiocarbonyl (C=S) groups is 1. The number of esters is 1. The van der Waals surface area contributed by atoms with Crippen LogP contribution in [0.4, 0.5) is 0 Å². The van der Waals surface area contributed by atoms with Crippen molar-refractivity contribution >= 4 is 46.3 Å². The van der Waals surface area contributed by atoms with Crippen LogP contribution < -0.4 is 9.47 Å². The van der Waals surface area contributed by atoms with Crippen LogP contribution in [0, 0.1) is 0 Å². The summed E-state index contributed by atoms with van der Waals surface area (Å²) in [6, 6.07) is 5.50. The van der Waals surface area contributed by atoms with Crippen molar-refractivity contribution < 1.29 is 23.8 Å². The number of thioether (sulfide) groups is 1. The molecule has 1 aromatic carbocycles. The van der Waals surface area contributed by atoms with E-state index >= 15 is 0 Å². The molecule has 0 saturated carbocycles. The fraction of sp³-hybridized carbons (Fsp3) is 0.450. The Balaban J connectivity index is 2.02. The molecular weight excluding hydrogens is 398 g/mol. The lowest BCUT2D eigenvalue weighted by molar-refractivity contribution is -0.144. The quantitative estimate of drug-likeness (QED) is 0.320. The highest BCUT2D eigenvalue weighted by atomic mass is 32.2. The first-order chi connectivity index (χ1) is 13.5. The predicted molar refractivity (Wildman–Crippen MR) is 115 cm³/mol.